The maximum absolute atomic E-state index is 13.0. The molecule has 0 fully saturated rings. The van der Waals surface area contributed by atoms with Gasteiger partial charge in [0.1, 0.15) is 0 Å². The summed E-state index contributed by atoms with van der Waals surface area (Å²) in [5, 5.41) is 4.20. The molecule has 1 atom stereocenters. The first kappa shape index (κ1) is 19.2. The van der Waals surface area contributed by atoms with Gasteiger partial charge < -0.3 is 19.8 Å². The molecule has 5 nitrogen and oxygen atoms in total. The summed E-state index contributed by atoms with van der Waals surface area (Å²) < 4.78 is 11.4. The highest BCUT2D eigenvalue weighted by Gasteiger charge is 2.28. The van der Waals surface area contributed by atoms with Crippen LogP contribution in [0.5, 0.6) is 11.5 Å². The van der Waals surface area contributed by atoms with Crippen molar-refractivity contribution in [3.05, 3.63) is 95.7 Å². The molecular weight excluding hydrogens is 388 g/mol. The topological polar surface area (TPSA) is 63.4 Å². The Morgan fingerprint density at radius 3 is 2.68 bits per heavy atom. The molecule has 2 heterocycles. The molecule has 0 saturated carbocycles. The first-order valence-corrected chi connectivity index (χ1v) is 10.5. The van der Waals surface area contributed by atoms with E-state index in [4.69, 9.17) is 9.47 Å². The number of nitrogens with one attached hydrogen (secondary N) is 2. The van der Waals surface area contributed by atoms with Gasteiger partial charge in [-0.3, -0.25) is 4.79 Å². The van der Waals surface area contributed by atoms with Gasteiger partial charge in [-0.05, 0) is 29.7 Å². The Labute approximate surface area is 181 Å². The number of carbonyl (C=O) groups excluding carboxylic acids is 1. The van der Waals surface area contributed by atoms with Crippen molar-refractivity contribution in [3.8, 4) is 11.5 Å². The lowest BCUT2D eigenvalue weighted by Gasteiger charge is -2.19. The van der Waals surface area contributed by atoms with Crippen LogP contribution < -0.4 is 14.8 Å². The Morgan fingerprint density at radius 1 is 0.935 bits per heavy atom. The van der Waals surface area contributed by atoms with Crippen LogP contribution in [0.1, 0.15) is 29.0 Å². The average molecular weight is 412 g/mol. The van der Waals surface area contributed by atoms with Crippen LogP contribution in [0.4, 0.5) is 0 Å². The molecule has 31 heavy (non-hydrogen) atoms. The third-order valence-electron chi connectivity index (χ3n) is 5.77. The molecule has 0 unspecified atom stereocenters. The van der Waals surface area contributed by atoms with Crippen LogP contribution in [-0.2, 0) is 11.2 Å². The monoisotopic (exact) mass is 412 g/mol. The summed E-state index contributed by atoms with van der Waals surface area (Å²) in [6, 6.07) is 24.2. The SMILES string of the molecule is O=C(C[C@H](c1cccc2c1OCO2)c1c[nH]c2ccccc12)NCCc1ccccc1. The Hall–Kier alpha value is -3.73. The van der Waals surface area contributed by atoms with Crippen molar-refractivity contribution in [1.82, 2.24) is 10.3 Å². The number of carbonyl (C=O) groups is 1. The zero-order chi connectivity index (χ0) is 21.0. The van der Waals surface area contributed by atoms with Gasteiger partial charge in [-0.2, -0.15) is 0 Å². The number of para-hydroxylation sites is 2. The second-order valence-corrected chi connectivity index (χ2v) is 7.71. The molecule has 5 heteroatoms. The summed E-state index contributed by atoms with van der Waals surface area (Å²) in [5.74, 6) is 1.33. The number of ether oxygens (including phenoxy) is 2. The van der Waals surface area contributed by atoms with E-state index in [0.717, 1.165) is 39.9 Å². The van der Waals surface area contributed by atoms with Crippen molar-refractivity contribution < 1.29 is 14.3 Å². The van der Waals surface area contributed by atoms with Crippen molar-refractivity contribution >= 4 is 16.8 Å². The first-order chi connectivity index (χ1) is 15.3. The zero-order valence-corrected chi connectivity index (χ0v) is 17.1. The molecule has 1 aliphatic rings. The van der Waals surface area contributed by atoms with E-state index >= 15 is 0 Å². The standard InChI is InChI=1S/C26H24N2O3/c29-25(27-14-13-18-7-2-1-3-8-18)15-21(20-10-6-12-24-26(20)31-17-30-24)22-16-28-23-11-5-4-9-19(22)23/h1-12,16,21,28H,13-15,17H2,(H,27,29)/t21-/m1/s1. The Bertz CT molecular complexity index is 1200. The number of amides is 1. The van der Waals surface area contributed by atoms with Crippen LogP contribution in [0, 0.1) is 0 Å². The second-order valence-electron chi connectivity index (χ2n) is 7.71. The van der Waals surface area contributed by atoms with Gasteiger partial charge in [0, 0.05) is 41.5 Å². The molecule has 0 radical (unpaired) electrons. The average Bonchev–Trinajstić information content (AvgIpc) is 3.45. The summed E-state index contributed by atoms with van der Waals surface area (Å²) in [6.45, 7) is 0.812. The van der Waals surface area contributed by atoms with Crippen LogP contribution in [0.15, 0.2) is 79.0 Å². The van der Waals surface area contributed by atoms with Crippen LogP contribution in [0.2, 0.25) is 0 Å². The summed E-state index contributed by atoms with van der Waals surface area (Å²) in [6.07, 6.45) is 3.14. The van der Waals surface area contributed by atoms with Gasteiger partial charge in [-0.25, -0.2) is 0 Å². The van der Waals surface area contributed by atoms with Gasteiger partial charge in [-0.15, -0.1) is 0 Å². The fourth-order valence-corrected chi connectivity index (χ4v) is 4.25. The minimum Gasteiger partial charge on any atom is -0.454 e. The second kappa shape index (κ2) is 8.56. The molecular formula is C26H24N2O3. The number of rotatable bonds is 7. The maximum atomic E-state index is 13.0. The number of hydrogen-bond donors (Lipinski definition) is 2. The number of aromatic nitrogens is 1. The lowest BCUT2D eigenvalue weighted by atomic mass is 9.87. The highest BCUT2D eigenvalue weighted by molar-refractivity contribution is 5.86. The fourth-order valence-electron chi connectivity index (χ4n) is 4.25. The van der Waals surface area contributed by atoms with Gasteiger partial charge >= 0.3 is 0 Å². The Balaban J connectivity index is 1.41. The lowest BCUT2D eigenvalue weighted by Crippen LogP contribution is -2.27. The molecule has 0 aliphatic carbocycles. The molecule has 0 spiro atoms. The molecule has 2 N–H and O–H groups in total. The van der Waals surface area contributed by atoms with Crippen molar-refractivity contribution in [1.29, 1.82) is 0 Å². The normalized spacial score (nSPS) is 13.3. The Morgan fingerprint density at radius 2 is 1.77 bits per heavy atom. The number of H-pyrrole nitrogens is 1. The molecule has 5 rings (SSSR count). The summed E-state index contributed by atoms with van der Waals surface area (Å²) in [4.78, 5) is 16.3. The molecule has 1 aromatic heterocycles. The minimum absolute atomic E-state index is 0.0164. The predicted octanol–water partition coefficient (Wildman–Crippen LogP) is 4.78. The minimum atomic E-state index is -0.149. The van der Waals surface area contributed by atoms with E-state index in [0.29, 0.717) is 13.0 Å². The van der Waals surface area contributed by atoms with Gasteiger partial charge in [0.2, 0.25) is 12.7 Å². The van der Waals surface area contributed by atoms with Crippen molar-refractivity contribution in [2.45, 2.75) is 18.8 Å². The smallest absolute Gasteiger partial charge is 0.231 e. The van der Waals surface area contributed by atoms with Gasteiger partial charge in [-0.1, -0.05) is 60.7 Å². The molecule has 0 saturated heterocycles. The van der Waals surface area contributed by atoms with E-state index in [1.165, 1.54) is 5.56 Å². The highest BCUT2D eigenvalue weighted by Crippen LogP contribution is 2.44. The van der Waals surface area contributed by atoms with E-state index in [2.05, 4.69) is 28.5 Å². The quantitative estimate of drug-likeness (QED) is 0.459. The third kappa shape index (κ3) is 3.99. The number of benzene rings is 3. The van der Waals surface area contributed by atoms with Crippen LogP contribution in [0.3, 0.4) is 0 Å². The van der Waals surface area contributed by atoms with Gasteiger partial charge in [0.25, 0.3) is 0 Å². The first-order valence-electron chi connectivity index (χ1n) is 10.5. The zero-order valence-electron chi connectivity index (χ0n) is 17.1. The van der Waals surface area contributed by atoms with Gasteiger partial charge in [0.15, 0.2) is 11.5 Å². The molecule has 1 aliphatic heterocycles. The molecule has 0 bridgehead atoms. The van der Waals surface area contributed by atoms with Crippen molar-refractivity contribution in [2.75, 3.05) is 13.3 Å². The van der Waals surface area contributed by atoms with Crippen molar-refractivity contribution in [3.63, 3.8) is 0 Å². The van der Waals surface area contributed by atoms with Crippen LogP contribution in [-0.4, -0.2) is 24.2 Å². The summed E-state index contributed by atoms with van der Waals surface area (Å²) in [7, 11) is 0. The summed E-state index contributed by atoms with van der Waals surface area (Å²) >= 11 is 0. The van der Waals surface area contributed by atoms with E-state index in [9.17, 15) is 4.79 Å². The number of aromatic amines is 1. The van der Waals surface area contributed by atoms with Crippen LogP contribution in [0.25, 0.3) is 10.9 Å². The van der Waals surface area contributed by atoms with E-state index in [1.54, 1.807) is 0 Å². The number of hydrogen-bond acceptors (Lipinski definition) is 3. The van der Waals surface area contributed by atoms with Gasteiger partial charge in [0.05, 0.1) is 0 Å². The number of fused-ring (bicyclic) bond motifs is 2. The predicted molar refractivity (Wildman–Crippen MR) is 120 cm³/mol. The molecule has 4 aromatic rings. The largest absolute Gasteiger partial charge is 0.454 e. The van der Waals surface area contributed by atoms with E-state index < -0.39 is 0 Å². The maximum Gasteiger partial charge on any atom is 0.231 e. The lowest BCUT2D eigenvalue weighted by molar-refractivity contribution is -0.121. The molecule has 1 amide bonds. The van der Waals surface area contributed by atoms with E-state index in [-0.39, 0.29) is 18.6 Å². The third-order valence-corrected chi connectivity index (χ3v) is 5.77. The molecule has 3 aromatic carbocycles. The fraction of sp³-hybridized carbons (Fsp3) is 0.192. The highest BCUT2D eigenvalue weighted by atomic mass is 16.7. The van der Waals surface area contributed by atoms with Crippen LogP contribution >= 0.6 is 0 Å². The van der Waals surface area contributed by atoms with E-state index in [1.807, 2.05) is 60.8 Å². The molecule has 156 valence electrons. The van der Waals surface area contributed by atoms with Crippen molar-refractivity contribution in [2.24, 2.45) is 0 Å². The Kier molecular flexibility index (Phi) is 5.31. The summed E-state index contributed by atoms with van der Waals surface area (Å²) in [5.41, 5.74) is 4.31.